The molecular weight excluding hydrogens is 352 g/mol. The van der Waals surface area contributed by atoms with Crippen molar-refractivity contribution in [3.05, 3.63) is 47.9 Å². The van der Waals surface area contributed by atoms with Gasteiger partial charge in [-0.05, 0) is 48.0 Å². The summed E-state index contributed by atoms with van der Waals surface area (Å²) in [6.07, 6.45) is 11.3. The average Bonchev–Trinajstić information content (AvgIpc) is 2.67. The van der Waals surface area contributed by atoms with Gasteiger partial charge in [0, 0.05) is 13.8 Å². The minimum Gasteiger partial charge on any atom is -0.434 e. The Morgan fingerprint density at radius 2 is 1.14 bits per heavy atom. The van der Waals surface area contributed by atoms with Gasteiger partial charge in [0.1, 0.15) is 0 Å². The molecule has 0 aromatic heterocycles. The number of benzene rings is 1. The lowest BCUT2D eigenvalue weighted by atomic mass is 9.90. The number of ether oxygens (including phenoxy) is 2. The van der Waals surface area contributed by atoms with Crippen LogP contribution in [0.15, 0.2) is 36.8 Å². The van der Waals surface area contributed by atoms with Crippen LogP contribution >= 0.6 is 0 Å². The number of hydrogen-bond acceptors (Lipinski definition) is 4. The summed E-state index contributed by atoms with van der Waals surface area (Å²) in [5.74, 6) is -0.659. The Morgan fingerprint density at radius 1 is 0.750 bits per heavy atom. The fourth-order valence-electron chi connectivity index (χ4n) is 3.00. The van der Waals surface area contributed by atoms with Crippen LogP contribution in [0, 0.1) is 0 Å². The number of allylic oxidation sites excluding steroid dienone is 2. The summed E-state index contributed by atoms with van der Waals surface area (Å²) in [4.78, 5) is 22.7. The molecule has 28 heavy (non-hydrogen) atoms. The highest BCUT2D eigenvalue weighted by Crippen LogP contribution is 2.32. The van der Waals surface area contributed by atoms with Crippen LogP contribution in [-0.4, -0.2) is 11.9 Å². The average molecular weight is 387 g/mol. The second kappa shape index (κ2) is 13.8. The van der Waals surface area contributed by atoms with Crippen LogP contribution in [0.1, 0.15) is 90.2 Å². The molecule has 0 aliphatic carbocycles. The molecule has 0 N–H and O–H groups in total. The molecule has 0 atom stereocenters. The van der Waals surface area contributed by atoms with Crippen molar-refractivity contribution in [2.45, 2.75) is 79.1 Å². The van der Waals surface area contributed by atoms with E-state index in [4.69, 9.17) is 9.47 Å². The molecule has 0 bridgehead atoms. The third-order valence-corrected chi connectivity index (χ3v) is 4.45. The quantitative estimate of drug-likeness (QED) is 0.229. The summed E-state index contributed by atoms with van der Waals surface area (Å²) < 4.78 is 10.4. The first-order chi connectivity index (χ1) is 13.5. The van der Waals surface area contributed by atoms with Crippen LogP contribution in [0.2, 0.25) is 0 Å². The summed E-state index contributed by atoms with van der Waals surface area (Å²) in [6, 6.07) is 8.04. The molecule has 0 saturated carbocycles. The van der Waals surface area contributed by atoms with Gasteiger partial charge in [-0.1, -0.05) is 63.8 Å². The van der Waals surface area contributed by atoms with Gasteiger partial charge in [-0.3, -0.25) is 9.59 Å². The summed E-state index contributed by atoms with van der Waals surface area (Å²) in [5, 5.41) is 0. The number of unbranched alkanes of at least 4 members (excludes halogenated alkanes) is 4. The minimum atomic E-state index is -0.330. The van der Waals surface area contributed by atoms with Crippen LogP contribution in [0.5, 0.6) is 0 Å². The van der Waals surface area contributed by atoms with Gasteiger partial charge in [0.15, 0.2) is 0 Å². The maximum atomic E-state index is 11.3. The molecule has 0 heterocycles. The van der Waals surface area contributed by atoms with Crippen molar-refractivity contribution >= 4 is 23.1 Å². The summed E-state index contributed by atoms with van der Waals surface area (Å²) in [6.45, 7) is 7.14. The van der Waals surface area contributed by atoms with E-state index in [9.17, 15) is 9.59 Å². The van der Waals surface area contributed by atoms with E-state index in [0.717, 1.165) is 73.6 Å². The van der Waals surface area contributed by atoms with E-state index in [2.05, 4.69) is 13.8 Å². The highest BCUT2D eigenvalue weighted by atomic mass is 16.5. The zero-order valence-corrected chi connectivity index (χ0v) is 17.8. The van der Waals surface area contributed by atoms with E-state index in [-0.39, 0.29) is 11.9 Å². The highest BCUT2D eigenvalue weighted by Gasteiger charge is 2.13. The van der Waals surface area contributed by atoms with Gasteiger partial charge in [0.25, 0.3) is 0 Å². The monoisotopic (exact) mass is 386 g/mol. The maximum Gasteiger partial charge on any atom is 0.307 e. The summed E-state index contributed by atoms with van der Waals surface area (Å²) in [7, 11) is 0. The largest absolute Gasteiger partial charge is 0.434 e. The van der Waals surface area contributed by atoms with E-state index in [1.165, 1.54) is 13.8 Å². The first kappa shape index (κ1) is 23.7. The second-order valence-corrected chi connectivity index (χ2v) is 6.96. The Kier molecular flexibility index (Phi) is 11.6. The van der Waals surface area contributed by atoms with Crippen LogP contribution in [0.3, 0.4) is 0 Å². The Labute approximate surface area is 169 Å². The van der Waals surface area contributed by atoms with Gasteiger partial charge in [-0.2, -0.15) is 0 Å². The Morgan fingerprint density at radius 3 is 1.46 bits per heavy atom. The zero-order chi connectivity index (χ0) is 20.8. The minimum absolute atomic E-state index is 0.330. The Balaban J connectivity index is 3.28. The topological polar surface area (TPSA) is 52.6 Å². The van der Waals surface area contributed by atoms with Gasteiger partial charge in [0.2, 0.25) is 0 Å². The van der Waals surface area contributed by atoms with Gasteiger partial charge >= 0.3 is 11.9 Å². The van der Waals surface area contributed by atoms with E-state index in [1.807, 2.05) is 24.3 Å². The number of carbonyl (C=O) groups excluding carboxylic acids is 2. The summed E-state index contributed by atoms with van der Waals surface area (Å²) in [5.41, 5.74) is 4.02. The Hall–Kier alpha value is -2.36. The Bertz CT molecular complexity index is 627. The van der Waals surface area contributed by atoms with Crippen molar-refractivity contribution < 1.29 is 19.1 Å². The molecule has 154 valence electrons. The van der Waals surface area contributed by atoms with E-state index in [0.29, 0.717) is 0 Å². The van der Waals surface area contributed by atoms with E-state index >= 15 is 0 Å². The van der Waals surface area contributed by atoms with Gasteiger partial charge in [-0.15, -0.1) is 0 Å². The third kappa shape index (κ3) is 9.03. The molecule has 4 heteroatoms. The van der Waals surface area contributed by atoms with Crippen molar-refractivity contribution in [3.63, 3.8) is 0 Å². The predicted molar refractivity (Wildman–Crippen MR) is 114 cm³/mol. The summed E-state index contributed by atoms with van der Waals surface area (Å²) >= 11 is 0. The van der Waals surface area contributed by atoms with Crippen LogP contribution in [0.4, 0.5) is 0 Å². The molecule has 1 rings (SSSR count). The van der Waals surface area contributed by atoms with Gasteiger partial charge in [0.05, 0.1) is 12.5 Å². The van der Waals surface area contributed by atoms with Crippen molar-refractivity contribution in [2.24, 2.45) is 0 Å². The fourth-order valence-corrected chi connectivity index (χ4v) is 3.00. The predicted octanol–water partition coefficient (Wildman–Crippen LogP) is 6.66. The molecule has 0 radical (unpaired) electrons. The van der Waals surface area contributed by atoms with Gasteiger partial charge in [-0.25, -0.2) is 0 Å². The number of rotatable bonds is 12. The molecule has 1 aromatic rings. The molecular formula is C24H34O4. The fraction of sp³-hybridized carbons (Fsp3) is 0.500. The lowest BCUT2D eigenvalue weighted by Crippen LogP contribution is -1.99. The first-order valence-corrected chi connectivity index (χ1v) is 10.3. The van der Waals surface area contributed by atoms with Crippen LogP contribution in [0.25, 0.3) is 11.1 Å². The van der Waals surface area contributed by atoms with E-state index < -0.39 is 0 Å². The molecule has 1 aromatic carbocycles. The van der Waals surface area contributed by atoms with Crippen molar-refractivity contribution in [2.75, 3.05) is 0 Å². The molecule has 0 aliphatic rings. The smallest absolute Gasteiger partial charge is 0.307 e. The molecule has 0 amide bonds. The lowest BCUT2D eigenvalue weighted by molar-refractivity contribution is -0.136. The standard InChI is InChI=1S/C24H34O4/c1-5-7-9-13-21(17-27-19(3)25)23-15-11-12-16-24(23)22(14-10-8-6-2)18-28-20(4)26/h11-12,15-18H,5-10,13-14H2,1-4H3. The lowest BCUT2D eigenvalue weighted by Gasteiger charge is -2.16. The van der Waals surface area contributed by atoms with E-state index in [1.54, 1.807) is 12.5 Å². The van der Waals surface area contributed by atoms with Crippen LogP contribution < -0.4 is 0 Å². The van der Waals surface area contributed by atoms with Crippen molar-refractivity contribution in [1.29, 1.82) is 0 Å². The third-order valence-electron chi connectivity index (χ3n) is 4.45. The molecule has 0 aliphatic heterocycles. The second-order valence-electron chi connectivity index (χ2n) is 6.96. The van der Waals surface area contributed by atoms with Crippen molar-refractivity contribution in [1.82, 2.24) is 0 Å². The normalized spacial score (nSPS) is 12.0. The molecule has 0 saturated heterocycles. The highest BCUT2D eigenvalue weighted by molar-refractivity contribution is 5.80. The first-order valence-electron chi connectivity index (χ1n) is 10.3. The molecule has 0 fully saturated rings. The van der Waals surface area contributed by atoms with Crippen molar-refractivity contribution in [3.8, 4) is 0 Å². The number of hydrogen-bond donors (Lipinski definition) is 0. The van der Waals surface area contributed by atoms with Gasteiger partial charge < -0.3 is 9.47 Å². The van der Waals surface area contributed by atoms with Crippen LogP contribution in [-0.2, 0) is 19.1 Å². The number of esters is 2. The molecule has 4 nitrogen and oxygen atoms in total. The molecule has 0 unspecified atom stereocenters. The zero-order valence-electron chi connectivity index (χ0n) is 17.8. The molecule has 0 spiro atoms. The maximum absolute atomic E-state index is 11.3. The SMILES string of the molecule is CCCCCC(=COC(C)=O)c1ccccc1C(=COC(C)=O)CCCCC. The number of carbonyl (C=O) groups is 2.